The van der Waals surface area contributed by atoms with Crippen molar-refractivity contribution in [3.05, 3.63) is 75.2 Å². The second-order valence-corrected chi connectivity index (χ2v) is 12.4. The first-order chi connectivity index (χ1) is 19.5. The third kappa shape index (κ3) is 13.3. The average molecular weight is 664 g/mol. The van der Waals surface area contributed by atoms with Gasteiger partial charge in [-0.2, -0.15) is 4.57 Å². The predicted molar refractivity (Wildman–Crippen MR) is 170 cm³/mol. The van der Waals surface area contributed by atoms with E-state index in [1.54, 1.807) is 23.2 Å². The van der Waals surface area contributed by atoms with Gasteiger partial charge in [0, 0.05) is 18.2 Å². The van der Waals surface area contributed by atoms with Crippen molar-refractivity contribution in [2.75, 3.05) is 11.5 Å². The topological polar surface area (TPSA) is 33.4 Å². The van der Waals surface area contributed by atoms with E-state index in [4.69, 9.17) is 16.3 Å². The third-order valence-corrected chi connectivity index (χ3v) is 8.46. The first-order valence-electron chi connectivity index (χ1n) is 15.2. The molecule has 0 saturated heterocycles. The summed E-state index contributed by atoms with van der Waals surface area (Å²) >= 11 is 8.30. The largest absolute Gasteiger partial charge is 1.00 e. The number of thiazole rings is 1. The molecule has 1 amide bonds. The van der Waals surface area contributed by atoms with Crippen molar-refractivity contribution in [2.24, 2.45) is 0 Å². The van der Waals surface area contributed by atoms with Gasteiger partial charge in [0.1, 0.15) is 5.75 Å². The van der Waals surface area contributed by atoms with Crippen LogP contribution in [-0.4, -0.2) is 12.5 Å². The highest BCUT2D eigenvalue weighted by Gasteiger charge is 2.14. The van der Waals surface area contributed by atoms with Crippen molar-refractivity contribution in [3.8, 4) is 5.75 Å². The van der Waals surface area contributed by atoms with Gasteiger partial charge in [-0.05, 0) is 43.2 Å². The molecule has 0 radical (unpaired) electrons. The number of aryl methyl sites for hydroxylation is 1. The summed E-state index contributed by atoms with van der Waals surface area (Å²) in [5, 5.41) is 0.596. The second kappa shape index (κ2) is 20.1. The molecule has 3 rings (SSSR count). The Bertz CT molecular complexity index is 1150. The Morgan fingerprint density at radius 3 is 2.00 bits per heavy atom. The van der Waals surface area contributed by atoms with Crippen molar-refractivity contribution in [1.29, 1.82) is 0 Å². The Morgan fingerprint density at radius 1 is 0.878 bits per heavy atom. The number of amides is 1. The lowest BCUT2D eigenvalue weighted by molar-refractivity contribution is -0.683. The van der Waals surface area contributed by atoms with Gasteiger partial charge in [0.25, 0.3) is 0 Å². The zero-order valence-electron chi connectivity index (χ0n) is 25.2. The molecule has 2 aromatic carbocycles. The van der Waals surface area contributed by atoms with Crippen molar-refractivity contribution < 1.29 is 31.1 Å². The summed E-state index contributed by atoms with van der Waals surface area (Å²) in [6.45, 7) is 7.96. The van der Waals surface area contributed by atoms with E-state index in [0.29, 0.717) is 23.9 Å². The van der Waals surface area contributed by atoms with Crippen molar-refractivity contribution in [2.45, 2.75) is 111 Å². The first kappa shape index (κ1) is 35.3. The van der Waals surface area contributed by atoms with Gasteiger partial charge in [0.05, 0.1) is 23.1 Å². The summed E-state index contributed by atoms with van der Waals surface area (Å²) in [5.74, 6) is 0.715. The molecule has 0 unspecified atom stereocenters. The van der Waals surface area contributed by atoms with Crippen molar-refractivity contribution >= 4 is 34.5 Å². The fourth-order valence-corrected chi connectivity index (χ4v) is 5.86. The molecule has 0 N–H and O–H groups in total. The van der Waals surface area contributed by atoms with Crippen LogP contribution in [0.3, 0.4) is 0 Å². The molecule has 41 heavy (non-hydrogen) atoms. The highest BCUT2D eigenvalue weighted by molar-refractivity contribution is 7.09. The van der Waals surface area contributed by atoms with E-state index in [1.165, 1.54) is 81.1 Å². The molecule has 0 atom stereocenters. The summed E-state index contributed by atoms with van der Waals surface area (Å²) in [6.07, 6.45) is 18.1. The van der Waals surface area contributed by atoms with Crippen LogP contribution in [-0.2, 0) is 17.9 Å². The molecule has 0 aliphatic heterocycles. The standard InChI is InChI=1S/C34H48ClN2O2S.BrH/c1-4-5-6-7-8-9-10-11-12-13-14-15-22-39-34-21-18-31(23-33(34)35)26-37(29(3)38)32-19-16-30(17-20-32)25-36-24-28(2)40-27-36;/h16-21,23-24,27H,4-15,22,25-26H2,1-3H3;1H/q+1;/p-1. The van der Waals surface area contributed by atoms with E-state index >= 15 is 0 Å². The molecule has 3 aromatic rings. The number of halogens is 2. The number of benzene rings is 2. The lowest BCUT2D eigenvalue weighted by atomic mass is 10.1. The van der Waals surface area contributed by atoms with E-state index in [-0.39, 0.29) is 22.9 Å². The lowest BCUT2D eigenvalue weighted by Gasteiger charge is -2.22. The third-order valence-electron chi connectivity index (χ3n) is 7.31. The Balaban J connectivity index is 0.00000588. The minimum atomic E-state index is -0.000919. The fraction of sp³-hybridized carbons (Fsp3) is 0.529. The van der Waals surface area contributed by atoms with E-state index < -0.39 is 0 Å². The number of rotatable bonds is 19. The monoisotopic (exact) mass is 662 g/mol. The van der Waals surface area contributed by atoms with E-state index in [0.717, 1.165) is 24.2 Å². The van der Waals surface area contributed by atoms with Crippen LogP contribution in [0.15, 0.2) is 54.2 Å². The maximum atomic E-state index is 12.5. The Morgan fingerprint density at radius 2 is 1.46 bits per heavy atom. The Labute approximate surface area is 267 Å². The summed E-state index contributed by atoms with van der Waals surface area (Å²) in [7, 11) is 0. The van der Waals surface area contributed by atoms with Gasteiger partial charge in [0.2, 0.25) is 11.4 Å². The van der Waals surface area contributed by atoms with Gasteiger partial charge >= 0.3 is 0 Å². The number of carbonyl (C=O) groups excluding carboxylic acids is 1. The number of anilines is 1. The lowest BCUT2D eigenvalue weighted by Crippen LogP contribution is -3.00. The van der Waals surface area contributed by atoms with E-state index in [1.807, 2.05) is 30.3 Å². The summed E-state index contributed by atoms with van der Waals surface area (Å²) in [6, 6.07) is 14.1. The van der Waals surface area contributed by atoms with Gasteiger partial charge < -0.3 is 26.6 Å². The van der Waals surface area contributed by atoms with Crippen LogP contribution in [0.4, 0.5) is 5.69 Å². The number of aromatic nitrogens is 1. The minimum absolute atomic E-state index is 0. The number of hydrogen-bond acceptors (Lipinski definition) is 3. The maximum absolute atomic E-state index is 12.5. The molecule has 7 heteroatoms. The predicted octanol–water partition coefficient (Wildman–Crippen LogP) is 6.68. The molecule has 0 fully saturated rings. The van der Waals surface area contributed by atoms with Gasteiger partial charge in [-0.3, -0.25) is 4.79 Å². The van der Waals surface area contributed by atoms with Crippen LogP contribution in [0.25, 0.3) is 0 Å². The van der Waals surface area contributed by atoms with Gasteiger partial charge in [-0.1, -0.05) is 119 Å². The quantitative estimate of drug-likeness (QED) is 0.106. The number of ether oxygens (including phenoxy) is 1. The van der Waals surface area contributed by atoms with Gasteiger partial charge in [0.15, 0.2) is 12.7 Å². The van der Waals surface area contributed by atoms with Crippen LogP contribution in [0.5, 0.6) is 5.75 Å². The maximum Gasteiger partial charge on any atom is 0.225 e. The molecule has 226 valence electrons. The van der Waals surface area contributed by atoms with Gasteiger partial charge in [-0.15, -0.1) is 0 Å². The van der Waals surface area contributed by atoms with Crippen LogP contribution >= 0.6 is 22.9 Å². The van der Waals surface area contributed by atoms with Crippen molar-refractivity contribution in [3.63, 3.8) is 0 Å². The molecule has 0 saturated carbocycles. The number of hydrogen-bond donors (Lipinski definition) is 0. The molecular formula is C34H48BrClN2O2S. The molecule has 0 aliphatic carbocycles. The Hall–Kier alpha value is -1.89. The Kier molecular flexibility index (Phi) is 17.3. The highest BCUT2D eigenvalue weighted by Crippen LogP contribution is 2.28. The minimum Gasteiger partial charge on any atom is -1.00 e. The normalized spacial score (nSPS) is 10.8. The average Bonchev–Trinajstić information content (AvgIpc) is 3.35. The first-order valence-corrected chi connectivity index (χ1v) is 16.4. The number of nitrogens with zero attached hydrogens (tertiary/aromatic N) is 2. The van der Waals surface area contributed by atoms with Gasteiger partial charge in [-0.25, -0.2) is 0 Å². The van der Waals surface area contributed by atoms with Crippen LogP contribution in [0.2, 0.25) is 5.02 Å². The van der Waals surface area contributed by atoms with Crippen LogP contribution in [0.1, 0.15) is 107 Å². The van der Waals surface area contributed by atoms with Crippen LogP contribution in [0, 0.1) is 6.92 Å². The fourth-order valence-electron chi connectivity index (χ4n) is 4.97. The molecule has 4 nitrogen and oxygen atoms in total. The number of carbonyl (C=O) groups is 1. The highest BCUT2D eigenvalue weighted by atomic mass is 79.9. The molecule has 1 heterocycles. The molecule has 1 aromatic heterocycles. The smallest absolute Gasteiger partial charge is 0.225 e. The van der Waals surface area contributed by atoms with E-state index in [9.17, 15) is 4.79 Å². The second-order valence-electron chi connectivity index (χ2n) is 10.9. The number of unbranched alkanes of at least 4 members (excludes halogenated alkanes) is 11. The van der Waals surface area contributed by atoms with Crippen LogP contribution < -0.4 is 31.2 Å². The molecule has 0 bridgehead atoms. The van der Waals surface area contributed by atoms with Crippen molar-refractivity contribution in [1.82, 2.24) is 0 Å². The molecule has 0 spiro atoms. The zero-order chi connectivity index (χ0) is 28.6. The SMILES string of the molecule is CCCCCCCCCCCCCCOc1ccc(CN(C(C)=O)c2ccc(C[n+]3csc(C)c3)cc2)cc1Cl.[Br-]. The summed E-state index contributed by atoms with van der Waals surface area (Å²) < 4.78 is 8.15. The zero-order valence-corrected chi connectivity index (χ0v) is 28.3. The summed E-state index contributed by atoms with van der Waals surface area (Å²) in [4.78, 5) is 15.6. The molecule has 0 aliphatic rings. The van der Waals surface area contributed by atoms with E-state index in [2.05, 4.69) is 42.3 Å². The summed E-state index contributed by atoms with van der Waals surface area (Å²) in [5.41, 5.74) is 5.19. The molecular weight excluding hydrogens is 616 g/mol.